The number of carbonyl (C=O) groups is 3. The van der Waals surface area contributed by atoms with Crippen molar-refractivity contribution in [2.24, 2.45) is 56.2 Å². The molecule has 0 aromatic carbocycles. The number of allylic oxidation sites excluding steroid dienone is 2. The van der Waals surface area contributed by atoms with Gasteiger partial charge in [0.05, 0.1) is 5.57 Å². The van der Waals surface area contributed by atoms with E-state index in [4.69, 9.17) is 0 Å². The smallest absolute Gasteiger partial charge is 0.347 e. The normalized spacial score (nSPS) is 44.0. The minimum Gasteiger partial charge on any atom is -0.347 e. The quantitative estimate of drug-likeness (QED) is 0.373. The van der Waals surface area contributed by atoms with Crippen LogP contribution in [0.1, 0.15) is 106 Å². The molecule has 5 aliphatic rings. The maximum absolute atomic E-state index is 14.6. The van der Waals surface area contributed by atoms with Gasteiger partial charge in [0.2, 0.25) is 5.91 Å². The van der Waals surface area contributed by atoms with Gasteiger partial charge in [0.15, 0.2) is 5.78 Å². The summed E-state index contributed by atoms with van der Waals surface area (Å²) in [5, 5.41) is 12.0. The zero-order chi connectivity index (χ0) is 31.3. The number of Topliss-reactive ketones (excluding diaryl/α,β-unsaturated/α-hetero) is 2. The summed E-state index contributed by atoms with van der Waals surface area (Å²) >= 11 is 0. The van der Waals surface area contributed by atoms with Crippen LogP contribution in [0.25, 0.3) is 0 Å². The Kier molecular flexibility index (Phi) is 7.01. The fourth-order valence-electron chi connectivity index (χ4n) is 11.3. The van der Waals surface area contributed by atoms with Crippen LogP contribution in [0.2, 0.25) is 0 Å². The van der Waals surface area contributed by atoms with Gasteiger partial charge in [0, 0.05) is 24.2 Å². The first-order valence-electron chi connectivity index (χ1n) is 15.7. The number of hydrogen-bond acceptors (Lipinski definition) is 4. The molecule has 1 amide bonds. The SMILES string of the molecule is CC1(C)CC[C@]2(CC(=O)NCC(F)(F)F)CC[C@]3(C)C(C(=O)C[C@@H]4[C@@]5(C)C=C(C#N)C(=O)C(C)(C)[C@@H]5CC[C@]43C)C2C1. The van der Waals surface area contributed by atoms with Crippen molar-refractivity contribution in [1.29, 1.82) is 5.26 Å². The molecule has 0 aromatic rings. The van der Waals surface area contributed by atoms with Crippen LogP contribution in [0.3, 0.4) is 0 Å². The predicted octanol–water partition coefficient (Wildman–Crippen LogP) is 7.35. The number of ketones is 2. The molecule has 42 heavy (non-hydrogen) atoms. The molecular formula is C34H47F3N2O3. The van der Waals surface area contributed by atoms with Crippen molar-refractivity contribution < 1.29 is 27.6 Å². The molecule has 4 fully saturated rings. The zero-order valence-corrected chi connectivity index (χ0v) is 26.3. The standard InChI is InChI=1S/C34H47F3N2O3/c1-28(2)10-12-33(17-25(41)39-19-34(35,36)37)13-11-32(7)26(21(33)16-28)22(40)14-24-30(5)15-20(18-38)27(42)29(3,4)23(30)8-9-31(24,32)6/h15,21,23-24,26H,8-14,16-17,19H2,1-7H3,(H,39,41)/t21?,23-,24+,26?,30-,31+,32+,33+/m0/s1. The van der Waals surface area contributed by atoms with Crippen molar-refractivity contribution in [3.05, 3.63) is 11.6 Å². The monoisotopic (exact) mass is 588 g/mol. The Hall–Kier alpha value is -2.17. The van der Waals surface area contributed by atoms with Gasteiger partial charge in [-0.15, -0.1) is 0 Å². The van der Waals surface area contributed by atoms with Crippen molar-refractivity contribution in [2.45, 2.75) is 112 Å². The second kappa shape index (κ2) is 9.41. The fourth-order valence-corrected chi connectivity index (χ4v) is 11.3. The topological polar surface area (TPSA) is 87.0 Å². The molecule has 5 rings (SSSR count). The fraction of sp³-hybridized carbons (Fsp3) is 0.824. The van der Waals surface area contributed by atoms with E-state index in [0.29, 0.717) is 12.8 Å². The van der Waals surface area contributed by atoms with Crippen LogP contribution in [0.15, 0.2) is 11.6 Å². The highest BCUT2D eigenvalue weighted by Gasteiger charge is 2.72. The number of amides is 1. The molecule has 0 radical (unpaired) electrons. The zero-order valence-electron chi connectivity index (χ0n) is 26.3. The van der Waals surface area contributed by atoms with E-state index in [2.05, 4.69) is 46.0 Å². The lowest BCUT2D eigenvalue weighted by Gasteiger charge is -2.72. The maximum Gasteiger partial charge on any atom is 0.405 e. The van der Waals surface area contributed by atoms with Crippen LogP contribution < -0.4 is 5.32 Å². The molecule has 0 aromatic heterocycles. The van der Waals surface area contributed by atoms with Gasteiger partial charge in [0.1, 0.15) is 18.4 Å². The Morgan fingerprint density at radius 3 is 2.24 bits per heavy atom. The predicted molar refractivity (Wildman–Crippen MR) is 153 cm³/mol. The molecule has 232 valence electrons. The third kappa shape index (κ3) is 4.41. The molecule has 5 aliphatic carbocycles. The molecule has 4 saturated carbocycles. The largest absolute Gasteiger partial charge is 0.405 e. The summed E-state index contributed by atoms with van der Waals surface area (Å²) in [6.45, 7) is 13.7. The molecule has 2 unspecified atom stereocenters. The summed E-state index contributed by atoms with van der Waals surface area (Å²) in [5.41, 5.74) is -2.12. The first-order valence-corrected chi connectivity index (χ1v) is 15.7. The molecule has 0 saturated heterocycles. The lowest BCUT2D eigenvalue weighted by atomic mass is 9.31. The number of nitrogens with zero attached hydrogens (tertiary/aromatic N) is 1. The van der Waals surface area contributed by atoms with E-state index in [1.165, 1.54) is 0 Å². The van der Waals surface area contributed by atoms with Crippen LogP contribution in [0, 0.1) is 67.5 Å². The third-order valence-corrected chi connectivity index (χ3v) is 13.6. The van der Waals surface area contributed by atoms with Gasteiger partial charge >= 0.3 is 6.18 Å². The summed E-state index contributed by atoms with van der Waals surface area (Å²) in [6.07, 6.45) is 3.32. The third-order valence-electron chi connectivity index (χ3n) is 13.6. The van der Waals surface area contributed by atoms with Gasteiger partial charge in [-0.2, -0.15) is 18.4 Å². The van der Waals surface area contributed by atoms with Gasteiger partial charge < -0.3 is 5.32 Å². The summed E-state index contributed by atoms with van der Waals surface area (Å²) < 4.78 is 38.7. The Bertz CT molecular complexity index is 1280. The van der Waals surface area contributed by atoms with Crippen LogP contribution in [-0.4, -0.2) is 30.2 Å². The van der Waals surface area contributed by atoms with Crippen molar-refractivity contribution in [1.82, 2.24) is 5.32 Å². The van der Waals surface area contributed by atoms with E-state index in [9.17, 15) is 32.8 Å². The molecule has 8 atom stereocenters. The molecule has 0 bridgehead atoms. The molecule has 0 spiro atoms. The van der Waals surface area contributed by atoms with E-state index in [1.54, 1.807) is 0 Å². The van der Waals surface area contributed by atoms with Crippen molar-refractivity contribution in [2.75, 3.05) is 6.54 Å². The highest BCUT2D eigenvalue weighted by atomic mass is 19.4. The minimum absolute atomic E-state index is 0.0220. The molecule has 8 heteroatoms. The van der Waals surface area contributed by atoms with Gasteiger partial charge in [0.25, 0.3) is 0 Å². The molecule has 0 heterocycles. The highest BCUT2D eigenvalue weighted by Crippen LogP contribution is 2.76. The number of carbonyl (C=O) groups excluding carboxylic acids is 3. The van der Waals surface area contributed by atoms with E-state index >= 15 is 0 Å². The number of nitrogens with one attached hydrogen (secondary N) is 1. The minimum atomic E-state index is -4.47. The summed E-state index contributed by atoms with van der Waals surface area (Å²) in [5.74, 6) is -0.878. The van der Waals surface area contributed by atoms with E-state index in [1.807, 2.05) is 19.9 Å². The van der Waals surface area contributed by atoms with Crippen molar-refractivity contribution in [3.8, 4) is 6.07 Å². The van der Waals surface area contributed by atoms with E-state index < -0.39 is 34.9 Å². The van der Waals surface area contributed by atoms with Gasteiger partial charge in [-0.3, -0.25) is 14.4 Å². The molecule has 0 aliphatic heterocycles. The number of halogens is 3. The number of rotatable bonds is 3. The molecule has 5 nitrogen and oxygen atoms in total. The Labute approximate surface area is 248 Å². The summed E-state index contributed by atoms with van der Waals surface area (Å²) in [4.78, 5) is 40.8. The van der Waals surface area contributed by atoms with Crippen LogP contribution >= 0.6 is 0 Å². The Morgan fingerprint density at radius 2 is 1.62 bits per heavy atom. The average Bonchev–Trinajstić information content (AvgIpc) is 2.87. The lowest BCUT2D eigenvalue weighted by Crippen LogP contribution is -2.68. The second-order valence-corrected chi connectivity index (χ2v) is 16.6. The second-order valence-electron chi connectivity index (χ2n) is 16.6. The van der Waals surface area contributed by atoms with Crippen LogP contribution in [0.5, 0.6) is 0 Å². The van der Waals surface area contributed by atoms with E-state index in [-0.39, 0.29) is 63.5 Å². The number of fused-ring (bicyclic) bond motifs is 7. The van der Waals surface area contributed by atoms with Crippen LogP contribution in [0.4, 0.5) is 13.2 Å². The molecular weight excluding hydrogens is 541 g/mol. The first kappa shape index (κ1) is 31.3. The number of alkyl halides is 3. The lowest BCUT2D eigenvalue weighted by molar-refractivity contribution is -0.223. The molecule has 1 N–H and O–H groups in total. The van der Waals surface area contributed by atoms with Gasteiger partial charge in [-0.1, -0.05) is 54.5 Å². The number of hydrogen-bond donors (Lipinski definition) is 1. The summed E-state index contributed by atoms with van der Waals surface area (Å²) in [6, 6.07) is 2.16. The maximum atomic E-state index is 14.6. The van der Waals surface area contributed by atoms with Crippen molar-refractivity contribution in [3.63, 3.8) is 0 Å². The highest BCUT2D eigenvalue weighted by molar-refractivity contribution is 6.04. The van der Waals surface area contributed by atoms with E-state index in [0.717, 1.165) is 38.5 Å². The average molecular weight is 589 g/mol. The van der Waals surface area contributed by atoms with Crippen molar-refractivity contribution >= 4 is 17.5 Å². The van der Waals surface area contributed by atoms with Gasteiger partial charge in [-0.25, -0.2) is 0 Å². The first-order chi connectivity index (χ1) is 19.2. The van der Waals surface area contributed by atoms with Gasteiger partial charge in [-0.05, 0) is 89.8 Å². The number of nitriles is 1. The van der Waals surface area contributed by atoms with Crippen LogP contribution in [-0.2, 0) is 14.4 Å². The Morgan fingerprint density at radius 1 is 0.976 bits per heavy atom. The summed E-state index contributed by atoms with van der Waals surface area (Å²) in [7, 11) is 0. The Balaban J connectivity index is 1.55.